The number of guanidine groups is 1. The summed E-state index contributed by atoms with van der Waals surface area (Å²) >= 11 is 0. The number of carbonyl (C=O) groups excluding carboxylic acids is 1. The average Bonchev–Trinajstić information content (AvgIpc) is 3.18. The van der Waals surface area contributed by atoms with Crippen LogP contribution in [0.25, 0.3) is 0 Å². The molecule has 1 atom stereocenters. The maximum Gasteiger partial charge on any atom is 0.251 e. The van der Waals surface area contributed by atoms with Crippen molar-refractivity contribution in [1.82, 2.24) is 16.0 Å². The first kappa shape index (κ1) is 23.5. The number of nitrogens with zero attached hydrogens (tertiary/aromatic N) is 1. The number of aryl methyl sites for hydroxylation is 1. The molecule has 0 saturated carbocycles. The van der Waals surface area contributed by atoms with Gasteiger partial charge in [-0.3, -0.25) is 4.79 Å². The molecule has 7 heteroatoms. The molecule has 30 heavy (non-hydrogen) atoms. The van der Waals surface area contributed by atoms with Crippen molar-refractivity contribution in [3.05, 3.63) is 59.0 Å². The van der Waals surface area contributed by atoms with Gasteiger partial charge in [0.05, 0.1) is 13.1 Å². The van der Waals surface area contributed by atoms with Crippen molar-refractivity contribution in [2.75, 3.05) is 19.6 Å². The summed E-state index contributed by atoms with van der Waals surface area (Å²) in [4.78, 5) is 16.7. The molecular weight excluding hydrogens is 380 g/mol. The smallest absolute Gasteiger partial charge is 0.251 e. The third-order valence-electron chi connectivity index (χ3n) is 4.67. The summed E-state index contributed by atoms with van der Waals surface area (Å²) < 4.78 is 5.55. The molecule has 1 aromatic carbocycles. The lowest BCUT2D eigenvalue weighted by molar-refractivity contribution is 0.0378. The topological polar surface area (TPSA) is 98.9 Å². The minimum Gasteiger partial charge on any atom is -0.463 e. The molecule has 0 bridgehead atoms. The highest BCUT2D eigenvalue weighted by Crippen LogP contribution is 2.21. The van der Waals surface area contributed by atoms with Crippen LogP contribution in [0.3, 0.4) is 0 Å². The van der Waals surface area contributed by atoms with E-state index < -0.39 is 5.60 Å². The largest absolute Gasteiger partial charge is 0.463 e. The zero-order chi connectivity index (χ0) is 22.0. The number of hydrogen-bond acceptors (Lipinski definition) is 4. The summed E-state index contributed by atoms with van der Waals surface area (Å²) in [5, 5.41) is 19.9. The van der Waals surface area contributed by atoms with Gasteiger partial charge in [0.15, 0.2) is 5.96 Å². The van der Waals surface area contributed by atoms with Crippen LogP contribution in [0, 0.1) is 6.92 Å². The van der Waals surface area contributed by atoms with E-state index in [0.717, 1.165) is 24.2 Å². The van der Waals surface area contributed by atoms with Crippen LogP contribution in [0.2, 0.25) is 0 Å². The standard InChI is InChI=1S/C23H34N4O3/c1-5-7-14-25-21(28)19-11-9-18(10-12-19)15-26-22(24-6-2)27-16-23(4,29)20-13-8-17(3)30-20/h8-13,29H,5-7,14-16H2,1-4H3,(H,25,28)(H2,24,26,27). The summed E-state index contributed by atoms with van der Waals surface area (Å²) in [6.07, 6.45) is 2.03. The van der Waals surface area contributed by atoms with E-state index in [2.05, 4.69) is 27.9 Å². The van der Waals surface area contributed by atoms with E-state index >= 15 is 0 Å². The Kier molecular flexibility index (Phi) is 8.92. The number of furan rings is 1. The van der Waals surface area contributed by atoms with Gasteiger partial charge in [0.1, 0.15) is 17.1 Å². The molecule has 7 nitrogen and oxygen atoms in total. The summed E-state index contributed by atoms with van der Waals surface area (Å²) in [7, 11) is 0. The van der Waals surface area contributed by atoms with Crippen molar-refractivity contribution in [3.8, 4) is 0 Å². The highest BCUT2D eigenvalue weighted by Gasteiger charge is 2.27. The molecule has 0 radical (unpaired) electrons. The minimum atomic E-state index is -1.16. The lowest BCUT2D eigenvalue weighted by atomic mass is 10.0. The van der Waals surface area contributed by atoms with Gasteiger partial charge < -0.3 is 25.5 Å². The van der Waals surface area contributed by atoms with Gasteiger partial charge in [-0.05, 0) is 57.0 Å². The van der Waals surface area contributed by atoms with Crippen LogP contribution < -0.4 is 16.0 Å². The van der Waals surface area contributed by atoms with Crippen LogP contribution in [0.5, 0.6) is 0 Å². The lowest BCUT2D eigenvalue weighted by Gasteiger charge is -2.22. The first-order valence-electron chi connectivity index (χ1n) is 10.5. The lowest BCUT2D eigenvalue weighted by Crippen LogP contribution is -2.44. The maximum atomic E-state index is 12.1. The molecule has 164 valence electrons. The normalized spacial score (nSPS) is 13.6. The van der Waals surface area contributed by atoms with Crippen molar-refractivity contribution >= 4 is 11.9 Å². The first-order valence-corrected chi connectivity index (χ1v) is 10.5. The molecule has 0 aliphatic rings. The third kappa shape index (κ3) is 7.22. The number of unbranched alkanes of at least 4 members (excludes halogenated alkanes) is 1. The fourth-order valence-corrected chi connectivity index (χ4v) is 2.82. The number of aliphatic hydroxyl groups is 1. The fourth-order valence-electron chi connectivity index (χ4n) is 2.82. The van der Waals surface area contributed by atoms with Gasteiger partial charge in [-0.2, -0.15) is 0 Å². The second kappa shape index (κ2) is 11.4. The van der Waals surface area contributed by atoms with Crippen LogP contribution in [0.1, 0.15) is 61.1 Å². The zero-order valence-electron chi connectivity index (χ0n) is 18.4. The van der Waals surface area contributed by atoms with Gasteiger partial charge in [-0.1, -0.05) is 25.5 Å². The Labute approximate surface area is 179 Å². The molecule has 1 unspecified atom stereocenters. The number of rotatable bonds is 10. The van der Waals surface area contributed by atoms with Gasteiger partial charge >= 0.3 is 0 Å². The third-order valence-corrected chi connectivity index (χ3v) is 4.67. The maximum absolute atomic E-state index is 12.1. The Morgan fingerprint density at radius 3 is 2.43 bits per heavy atom. The molecule has 0 fully saturated rings. The van der Waals surface area contributed by atoms with Crippen LogP contribution in [0.15, 0.2) is 45.8 Å². The van der Waals surface area contributed by atoms with E-state index in [9.17, 15) is 9.90 Å². The molecule has 1 amide bonds. The predicted octanol–water partition coefficient (Wildman–Crippen LogP) is 3.08. The van der Waals surface area contributed by atoms with Crippen LogP contribution in [-0.4, -0.2) is 36.6 Å². The number of aliphatic imine (C=N–C) groups is 1. The molecule has 2 aromatic rings. The van der Waals surface area contributed by atoms with E-state index in [0.29, 0.717) is 36.9 Å². The van der Waals surface area contributed by atoms with Crippen LogP contribution in [0.4, 0.5) is 0 Å². The Morgan fingerprint density at radius 2 is 1.83 bits per heavy atom. The molecule has 0 saturated heterocycles. The van der Waals surface area contributed by atoms with Crippen molar-refractivity contribution in [2.24, 2.45) is 4.99 Å². The molecule has 1 heterocycles. The molecule has 2 rings (SSSR count). The first-order chi connectivity index (χ1) is 14.4. The van der Waals surface area contributed by atoms with E-state index in [4.69, 9.17) is 4.42 Å². The Bertz CT molecular complexity index is 825. The van der Waals surface area contributed by atoms with Crippen LogP contribution in [-0.2, 0) is 12.1 Å². The molecule has 1 aromatic heterocycles. The highest BCUT2D eigenvalue weighted by atomic mass is 16.4. The summed E-state index contributed by atoms with van der Waals surface area (Å²) in [5.41, 5.74) is 0.483. The van der Waals surface area contributed by atoms with E-state index in [1.165, 1.54) is 0 Å². The number of nitrogens with one attached hydrogen (secondary N) is 3. The van der Waals surface area contributed by atoms with Gasteiger partial charge in [-0.15, -0.1) is 0 Å². The summed E-state index contributed by atoms with van der Waals surface area (Å²) in [5.74, 6) is 1.82. The van der Waals surface area contributed by atoms with E-state index in [-0.39, 0.29) is 12.5 Å². The minimum absolute atomic E-state index is 0.0519. The van der Waals surface area contributed by atoms with Crippen molar-refractivity contribution in [1.29, 1.82) is 0 Å². The van der Waals surface area contributed by atoms with Crippen molar-refractivity contribution in [2.45, 2.75) is 52.7 Å². The SMILES string of the molecule is CCCCNC(=O)c1ccc(CN=C(NCC)NCC(C)(O)c2ccc(C)o2)cc1. The number of amides is 1. The second-order valence-corrected chi connectivity index (χ2v) is 7.54. The molecule has 0 aliphatic heterocycles. The van der Waals surface area contributed by atoms with Crippen LogP contribution >= 0.6 is 0 Å². The van der Waals surface area contributed by atoms with E-state index in [1.54, 1.807) is 13.0 Å². The summed E-state index contributed by atoms with van der Waals surface area (Å²) in [6, 6.07) is 11.1. The van der Waals surface area contributed by atoms with Gasteiger partial charge in [0.25, 0.3) is 5.91 Å². The van der Waals surface area contributed by atoms with Gasteiger partial charge in [0, 0.05) is 18.7 Å². The van der Waals surface area contributed by atoms with Crippen molar-refractivity contribution in [3.63, 3.8) is 0 Å². The van der Waals surface area contributed by atoms with Crippen molar-refractivity contribution < 1.29 is 14.3 Å². The van der Waals surface area contributed by atoms with Gasteiger partial charge in [0.2, 0.25) is 0 Å². The number of carbonyl (C=O) groups is 1. The number of hydrogen-bond donors (Lipinski definition) is 4. The Balaban J connectivity index is 1.94. The Hall–Kier alpha value is -2.80. The van der Waals surface area contributed by atoms with Gasteiger partial charge in [-0.25, -0.2) is 4.99 Å². The molecule has 4 N–H and O–H groups in total. The zero-order valence-corrected chi connectivity index (χ0v) is 18.4. The predicted molar refractivity (Wildman–Crippen MR) is 120 cm³/mol. The second-order valence-electron chi connectivity index (χ2n) is 7.54. The highest BCUT2D eigenvalue weighted by molar-refractivity contribution is 5.94. The fraction of sp³-hybridized carbons (Fsp3) is 0.478. The summed E-state index contributed by atoms with van der Waals surface area (Å²) in [6.45, 7) is 9.72. The van der Waals surface area contributed by atoms with E-state index in [1.807, 2.05) is 44.2 Å². The molecule has 0 spiro atoms. The quantitative estimate of drug-likeness (QED) is 0.272. The number of benzene rings is 1. The monoisotopic (exact) mass is 414 g/mol. The molecule has 0 aliphatic carbocycles. The molecular formula is C23H34N4O3. The average molecular weight is 415 g/mol. The Morgan fingerprint density at radius 1 is 1.10 bits per heavy atom.